The summed E-state index contributed by atoms with van der Waals surface area (Å²) in [5.41, 5.74) is 0. The number of hydrogen-bond donors (Lipinski definition) is 0. The van der Waals surface area contributed by atoms with Gasteiger partial charge in [-0.1, -0.05) is 26.2 Å². The predicted molar refractivity (Wildman–Crippen MR) is 62.7 cm³/mol. The summed E-state index contributed by atoms with van der Waals surface area (Å²) in [4.78, 5) is 0. The predicted octanol–water partition coefficient (Wildman–Crippen LogP) is 5.14. The summed E-state index contributed by atoms with van der Waals surface area (Å²) < 4.78 is 67.4. The Hall–Kier alpha value is -1.20. The van der Waals surface area contributed by atoms with Crippen LogP contribution in [0.15, 0.2) is 37.7 Å². The van der Waals surface area contributed by atoms with E-state index in [1.54, 1.807) is 0 Å². The summed E-state index contributed by atoms with van der Waals surface area (Å²) in [6.45, 7) is 7.82. The van der Waals surface area contributed by atoms with E-state index in [1.165, 1.54) is 0 Å². The topological polar surface area (TPSA) is 0 Å². The zero-order valence-electron chi connectivity index (χ0n) is 10.2. The highest BCUT2D eigenvalue weighted by Gasteiger charge is 2.22. The molecular formula is C12H18F6. The van der Waals surface area contributed by atoms with Crippen LogP contribution in [0.3, 0.4) is 0 Å². The third kappa shape index (κ3) is 20.2. The normalized spacial score (nSPS) is 11.1. The Labute approximate surface area is 104 Å². The van der Waals surface area contributed by atoms with Crippen LogP contribution in [0.2, 0.25) is 0 Å². The Morgan fingerprint density at radius 3 is 1.67 bits per heavy atom. The monoisotopic (exact) mass is 276 g/mol. The summed E-state index contributed by atoms with van der Waals surface area (Å²) in [6, 6.07) is 0. The third-order valence-corrected chi connectivity index (χ3v) is 1.24. The van der Waals surface area contributed by atoms with Crippen molar-refractivity contribution in [1.82, 2.24) is 0 Å². The van der Waals surface area contributed by atoms with Crippen LogP contribution in [-0.2, 0) is 0 Å². The van der Waals surface area contributed by atoms with Crippen LogP contribution < -0.4 is 0 Å². The first kappa shape index (κ1) is 22.0. The molecule has 0 radical (unpaired) electrons. The molecule has 108 valence electrons. The number of halogens is 6. The molecule has 0 saturated heterocycles. The smallest absolute Gasteiger partial charge is 0.247 e. The van der Waals surface area contributed by atoms with Crippen molar-refractivity contribution in [3.8, 4) is 0 Å². The van der Waals surface area contributed by atoms with E-state index in [-0.39, 0.29) is 6.08 Å². The highest BCUT2D eigenvalue weighted by Crippen LogP contribution is 2.13. The lowest BCUT2D eigenvalue weighted by Crippen LogP contribution is -2.13. The number of alkyl halides is 5. The minimum atomic E-state index is -3.32. The van der Waals surface area contributed by atoms with Crippen LogP contribution in [-0.4, -0.2) is 25.4 Å². The van der Waals surface area contributed by atoms with Gasteiger partial charge >= 0.3 is 0 Å². The molecular weight excluding hydrogens is 258 g/mol. The summed E-state index contributed by atoms with van der Waals surface area (Å²) in [6.07, 6.45) is 1.12. The molecule has 0 aliphatic carbocycles. The van der Waals surface area contributed by atoms with Crippen molar-refractivity contribution in [3.05, 3.63) is 37.7 Å². The lowest BCUT2D eigenvalue weighted by Gasteiger charge is -2.01. The van der Waals surface area contributed by atoms with E-state index in [1.807, 2.05) is 6.08 Å². The summed E-state index contributed by atoms with van der Waals surface area (Å²) in [7, 11) is 0. The fraction of sp³-hybridized carbons (Fsp3) is 0.500. The second kappa shape index (κ2) is 13.9. The molecule has 0 aliphatic rings. The van der Waals surface area contributed by atoms with Gasteiger partial charge in [0, 0.05) is 0 Å². The van der Waals surface area contributed by atoms with Gasteiger partial charge in [-0.05, 0) is 12.5 Å². The highest BCUT2D eigenvalue weighted by molar-refractivity contribution is 4.89. The van der Waals surface area contributed by atoms with E-state index in [0.29, 0.717) is 0 Å². The van der Waals surface area contributed by atoms with Gasteiger partial charge in [-0.15, -0.1) is 6.58 Å². The van der Waals surface area contributed by atoms with Crippen LogP contribution in [0.25, 0.3) is 0 Å². The van der Waals surface area contributed by atoms with E-state index < -0.39 is 31.3 Å². The van der Waals surface area contributed by atoms with Crippen LogP contribution in [0.1, 0.15) is 13.3 Å². The lowest BCUT2D eigenvalue weighted by atomic mass is 10.4. The fourth-order valence-electron chi connectivity index (χ4n) is 0.138. The number of hydrogen-bond acceptors (Lipinski definition) is 0. The number of rotatable bonds is 5. The first-order chi connectivity index (χ1) is 8.22. The van der Waals surface area contributed by atoms with E-state index in [9.17, 15) is 26.3 Å². The molecule has 0 aromatic carbocycles. The van der Waals surface area contributed by atoms with Crippen molar-refractivity contribution >= 4 is 0 Å². The molecule has 0 nitrogen and oxygen atoms in total. The Kier molecular flexibility index (Phi) is 17.0. The Bertz CT molecular complexity index is 225. The SMILES string of the molecule is C=C(F)C(F)CF.C=CC(F)(F)CF.C=CCC. The van der Waals surface area contributed by atoms with E-state index >= 15 is 0 Å². The van der Waals surface area contributed by atoms with E-state index in [0.717, 1.165) is 6.42 Å². The van der Waals surface area contributed by atoms with Crippen molar-refractivity contribution in [1.29, 1.82) is 0 Å². The molecule has 0 aliphatic heterocycles. The highest BCUT2D eigenvalue weighted by atomic mass is 19.3. The summed E-state index contributed by atoms with van der Waals surface area (Å²) in [5, 5.41) is 0. The minimum absolute atomic E-state index is 0.285. The summed E-state index contributed by atoms with van der Waals surface area (Å²) >= 11 is 0. The standard InChI is InChI=1S/2C4H5F3.C4H8/c1-3(6)4(7)2-5;1-2-4(6,7)3-5;1-3-4-2/h4H,1-2H2;2H,1,3H2;3H,1,4H2,2H3. The first-order valence-electron chi connectivity index (χ1n) is 4.94. The molecule has 0 N–H and O–H groups in total. The molecule has 1 unspecified atom stereocenters. The van der Waals surface area contributed by atoms with Gasteiger partial charge in [0.2, 0.25) is 0 Å². The maximum atomic E-state index is 11.4. The van der Waals surface area contributed by atoms with Gasteiger partial charge in [0.1, 0.15) is 12.5 Å². The van der Waals surface area contributed by atoms with Gasteiger partial charge in [0.15, 0.2) is 12.8 Å². The first-order valence-corrected chi connectivity index (χ1v) is 4.94. The Morgan fingerprint density at radius 1 is 1.28 bits per heavy atom. The zero-order valence-corrected chi connectivity index (χ0v) is 10.2. The molecule has 0 bridgehead atoms. The van der Waals surface area contributed by atoms with Crippen molar-refractivity contribution in [2.75, 3.05) is 13.3 Å². The Morgan fingerprint density at radius 2 is 1.67 bits per heavy atom. The average Bonchev–Trinajstić information content (AvgIpc) is 2.38. The molecule has 1 atom stereocenters. The molecule has 0 aromatic heterocycles. The van der Waals surface area contributed by atoms with Gasteiger partial charge in [-0.3, -0.25) is 0 Å². The molecule has 0 aromatic rings. The molecule has 0 fully saturated rings. The third-order valence-electron chi connectivity index (χ3n) is 1.24. The summed E-state index contributed by atoms with van der Waals surface area (Å²) in [5.74, 6) is -4.57. The quantitative estimate of drug-likeness (QED) is 0.482. The van der Waals surface area contributed by atoms with E-state index in [2.05, 4.69) is 26.7 Å². The molecule has 0 saturated carbocycles. The van der Waals surface area contributed by atoms with Crippen molar-refractivity contribution in [2.24, 2.45) is 0 Å². The molecule has 18 heavy (non-hydrogen) atoms. The van der Waals surface area contributed by atoms with Crippen LogP contribution in [0, 0.1) is 0 Å². The zero-order chi connectivity index (χ0) is 15.2. The largest absolute Gasteiger partial charge is 0.294 e. The van der Waals surface area contributed by atoms with Gasteiger partial charge in [-0.25, -0.2) is 17.6 Å². The average molecular weight is 276 g/mol. The second-order valence-corrected chi connectivity index (χ2v) is 2.86. The molecule has 0 amide bonds. The van der Waals surface area contributed by atoms with Crippen molar-refractivity contribution < 1.29 is 26.3 Å². The van der Waals surface area contributed by atoms with Gasteiger partial charge < -0.3 is 0 Å². The second-order valence-electron chi connectivity index (χ2n) is 2.86. The molecule has 0 spiro atoms. The maximum absolute atomic E-state index is 11.4. The fourth-order valence-corrected chi connectivity index (χ4v) is 0.138. The van der Waals surface area contributed by atoms with Gasteiger partial charge in [-0.2, -0.15) is 8.78 Å². The van der Waals surface area contributed by atoms with Crippen molar-refractivity contribution in [2.45, 2.75) is 25.4 Å². The van der Waals surface area contributed by atoms with E-state index in [4.69, 9.17) is 0 Å². The van der Waals surface area contributed by atoms with Gasteiger partial charge in [0.25, 0.3) is 5.92 Å². The van der Waals surface area contributed by atoms with Crippen LogP contribution in [0.5, 0.6) is 0 Å². The minimum Gasteiger partial charge on any atom is -0.247 e. The Balaban J connectivity index is -0.000000196. The molecule has 0 heterocycles. The molecule has 0 rings (SSSR count). The lowest BCUT2D eigenvalue weighted by molar-refractivity contribution is 0.0280. The van der Waals surface area contributed by atoms with Gasteiger partial charge in [0.05, 0.1) is 0 Å². The number of allylic oxidation sites excluding steroid dienone is 3. The van der Waals surface area contributed by atoms with Crippen LogP contribution in [0.4, 0.5) is 26.3 Å². The maximum Gasteiger partial charge on any atom is 0.294 e. The van der Waals surface area contributed by atoms with Crippen LogP contribution >= 0.6 is 0 Å². The molecule has 6 heteroatoms. The van der Waals surface area contributed by atoms with Crippen molar-refractivity contribution in [3.63, 3.8) is 0 Å².